The first-order valence-corrected chi connectivity index (χ1v) is 7.68. The summed E-state index contributed by atoms with van der Waals surface area (Å²) in [6, 6.07) is 3.13. The summed E-state index contributed by atoms with van der Waals surface area (Å²) in [6.45, 7) is 2.46. The van der Waals surface area contributed by atoms with Gasteiger partial charge in [0.05, 0.1) is 17.6 Å². The third kappa shape index (κ3) is 3.13. The number of carbonyl (C=O) groups excluding carboxylic acids is 1. The van der Waals surface area contributed by atoms with Gasteiger partial charge in [0.1, 0.15) is 12.4 Å². The van der Waals surface area contributed by atoms with Gasteiger partial charge in [0.15, 0.2) is 11.6 Å². The summed E-state index contributed by atoms with van der Waals surface area (Å²) in [7, 11) is 0. The monoisotopic (exact) mass is 315 g/mol. The maximum Gasteiger partial charge on any atom is 0.249 e. The van der Waals surface area contributed by atoms with Gasteiger partial charge >= 0.3 is 0 Å². The fourth-order valence-electron chi connectivity index (χ4n) is 2.70. The Kier molecular flexibility index (Phi) is 4.45. The first-order valence-electron chi connectivity index (χ1n) is 7.68. The van der Waals surface area contributed by atoms with E-state index in [9.17, 15) is 9.18 Å². The van der Waals surface area contributed by atoms with Crippen LogP contribution < -0.4 is 10.2 Å². The van der Waals surface area contributed by atoms with E-state index < -0.39 is 11.9 Å². The molecule has 2 aromatic heterocycles. The number of anilines is 2. The molecule has 3 heterocycles. The highest BCUT2D eigenvalue weighted by Crippen LogP contribution is 2.23. The van der Waals surface area contributed by atoms with Gasteiger partial charge in [-0.25, -0.2) is 14.4 Å². The second-order valence-electron chi connectivity index (χ2n) is 5.38. The van der Waals surface area contributed by atoms with Crippen molar-refractivity contribution in [3.05, 3.63) is 42.4 Å². The number of amides is 1. The molecule has 1 fully saturated rings. The Labute approximate surface area is 133 Å². The molecule has 1 aliphatic heterocycles. The Bertz CT molecular complexity index is 694. The number of hydrogen-bond acceptors (Lipinski definition) is 5. The first-order chi connectivity index (χ1) is 11.2. The highest BCUT2D eigenvalue weighted by Gasteiger charge is 2.30. The summed E-state index contributed by atoms with van der Waals surface area (Å²) in [4.78, 5) is 26.2. The number of pyridine rings is 1. The van der Waals surface area contributed by atoms with Crippen LogP contribution in [0.15, 0.2) is 30.9 Å². The molecule has 0 aliphatic carbocycles. The lowest BCUT2D eigenvalue weighted by molar-refractivity contribution is -0.120. The second-order valence-corrected chi connectivity index (χ2v) is 5.38. The van der Waals surface area contributed by atoms with E-state index in [1.807, 2.05) is 13.0 Å². The van der Waals surface area contributed by atoms with Crippen LogP contribution in [0.25, 0.3) is 0 Å². The van der Waals surface area contributed by atoms with Gasteiger partial charge < -0.3 is 10.2 Å². The molecule has 0 aromatic carbocycles. The van der Waals surface area contributed by atoms with Crippen LogP contribution in [-0.4, -0.2) is 33.4 Å². The van der Waals surface area contributed by atoms with Crippen molar-refractivity contribution in [3.8, 4) is 0 Å². The molecule has 1 N–H and O–H groups in total. The third-order valence-corrected chi connectivity index (χ3v) is 3.90. The minimum Gasteiger partial charge on any atom is -0.356 e. The zero-order chi connectivity index (χ0) is 16.2. The molecule has 1 atom stereocenters. The first kappa shape index (κ1) is 15.3. The SMILES string of the molecule is CCc1ncnc(N[C@@H]2CCCN(c3cccnc3)C2=O)c1F. The van der Waals surface area contributed by atoms with Crippen LogP contribution in [0.2, 0.25) is 0 Å². The predicted octanol–water partition coefficient (Wildman–Crippen LogP) is 2.18. The second kappa shape index (κ2) is 6.68. The molecule has 0 unspecified atom stereocenters. The minimum absolute atomic E-state index is 0.0863. The quantitative estimate of drug-likeness (QED) is 0.936. The molecule has 120 valence electrons. The zero-order valence-electron chi connectivity index (χ0n) is 12.9. The summed E-state index contributed by atoms with van der Waals surface area (Å²) in [5.41, 5.74) is 1.09. The number of aryl methyl sites for hydroxylation is 1. The summed E-state index contributed by atoms with van der Waals surface area (Å²) < 4.78 is 14.3. The highest BCUT2D eigenvalue weighted by atomic mass is 19.1. The maximum atomic E-state index is 14.3. The van der Waals surface area contributed by atoms with E-state index in [0.29, 0.717) is 25.1 Å². The fourth-order valence-corrected chi connectivity index (χ4v) is 2.70. The number of piperidine rings is 1. The van der Waals surface area contributed by atoms with Crippen LogP contribution >= 0.6 is 0 Å². The molecule has 6 nitrogen and oxygen atoms in total. The van der Waals surface area contributed by atoms with Gasteiger partial charge in [0.2, 0.25) is 5.91 Å². The molecular weight excluding hydrogens is 297 g/mol. The number of halogens is 1. The molecule has 7 heteroatoms. The summed E-state index contributed by atoms with van der Waals surface area (Å²) in [5.74, 6) is -0.496. The van der Waals surface area contributed by atoms with Gasteiger partial charge in [-0.1, -0.05) is 6.92 Å². The Morgan fingerprint density at radius 2 is 2.30 bits per heavy atom. The fraction of sp³-hybridized carbons (Fsp3) is 0.375. The lowest BCUT2D eigenvalue weighted by Gasteiger charge is -2.32. The van der Waals surface area contributed by atoms with Gasteiger partial charge in [0.25, 0.3) is 0 Å². The van der Waals surface area contributed by atoms with Crippen molar-refractivity contribution in [1.82, 2.24) is 15.0 Å². The van der Waals surface area contributed by atoms with E-state index in [4.69, 9.17) is 0 Å². The van der Waals surface area contributed by atoms with Crippen molar-refractivity contribution in [2.24, 2.45) is 0 Å². The van der Waals surface area contributed by atoms with E-state index >= 15 is 0 Å². The van der Waals surface area contributed by atoms with Crippen LogP contribution in [0.4, 0.5) is 15.9 Å². The number of carbonyl (C=O) groups is 1. The Morgan fingerprint density at radius 1 is 1.43 bits per heavy atom. The smallest absolute Gasteiger partial charge is 0.249 e. The Hall–Kier alpha value is -2.57. The predicted molar refractivity (Wildman–Crippen MR) is 84.6 cm³/mol. The molecule has 0 bridgehead atoms. The standard InChI is InChI=1S/C16H18FN5O/c1-2-12-14(17)15(20-10-19-12)21-13-6-4-8-22(16(13)23)11-5-3-7-18-9-11/h3,5,7,9-10,13H,2,4,6,8H2,1H3,(H,19,20,21)/t13-/m1/s1. The largest absolute Gasteiger partial charge is 0.356 e. The van der Waals surface area contributed by atoms with Gasteiger partial charge in [-0.05, 0) is 31.4 Å². The molecule has 1 saturated heterocycles. The maximum absolute atomic E-state index is 14.3. The topological polar surface area (TPSA) is 71.0 Å². The molecule has 23 heavy (non-hydrogen) atoms. The molecule has 0 radical (unpaired) electrons. The average molecular weight is 315 g/mol. The van der Waals surface area contributed by atoms with Gasteiger partial charge in [-0.3, -0.25) is 9.78 Å². The summed E-state index contributed by atoms with van der Waals surface area (Å²) in [5, 5.41) is 2.94. The normalized spacial score (nSPS) is 18.1. The number of nitrogens with one attached hydrogen (secondary N) is 1. The van der Waals surface area contributed by atoms with E-state index in [-0.39, 0.29) is 11.7 Å². The van der Waals surface area contributed by atoms with Crippen molar-refractivity contribution in [1.29, 1.82) is 0 Å². The van der Waals surface area contributed by atoms with E-state index in [1.165, 1.54) is 6.33 Å². The van der Waals surface area contributed by atoms with Gasteiger partial charge in [0, 0.05) is 12.7 Å². The molecule has 1 aliphatic rings. The molecule has 0 spiro atoms. The van der Waals surface area contributed by atoms with Crippen molar-refractivity contribution in [2.45, 2.75) is 32.2 Å². The van der Waals surface area contributed by atoms with Crippen LogP contribution in [0, 0.1) is 5.82 Å². The zero-order valence-corrected chi connectivity index (χ0v) is 12.9. The van der Waals surface area contributed by atoms with Crippen LogP contribution in [-0.2, 0) is 11.2 Å². The summed E-state index contributed by atoms with van der Waals surface area (Å²) in [6.07, 6.45) is 6.57. The van der Waals surface area contributed by atoms with Crippen molar-refractivity contribution in [3.63, 3.8) is 0 Å². The number of nitrogens with zero attached hydrogens (tertiary/aromatic N) is 4. The van der Waals surface area contributed by atoms with Crippen molar-refractivity contribution in [2.75, 3.05) is 16.8 Å². The van der Waals surface area contributed by atoms with Crippen LogP contribution in [0.1, 0.15) is 25.5 Å². The average Bonchev–Trinajstić information content (AvgIpc) is 2.59. The molecular formula is C16H18FN5O. The van der Waals surface area contributed by atoms with E-state index in [2.05, 4.69) is 20.3 Å². The van der Waals surface area contributed by atoms with Gasteiger partial charge in [-0.2, -0.15) is 0 Å². The highest BCUT2D eigenvalue weighted by molar-refractivity contribution is 5.99. The lowest BCUT2D eigenvalue weighted by Crippen LogP contribution is -2.48. The number of hydrogen-bond donors (Lipinski definition) is 1. The molecule has 0 saturated carbocycles. The van der Waals surface area contributed by atoms with Crippen LogP contribution in [0.5, 0.6) is 0 Å². The van der Waals surface area contributed by atoms with Crippen molar-refractivity contribution < 1.29 is 9.18 Å². The van der Waals surface area contributed by atoms with E-state index in [0.717, 1.165) is 12.1 Å². The van der Waals surface area contributed by atoms with Crippen LogP contribution in [0.3, 0.4) is 0 Å². The van der Waals surface area contributed by atoms with Crippen molar-refractivity contribution >= 4 is 17.4 Å². The Morgan fingerprint density at radius 3 is 3.04 bits per heavy atom. The van der Waals surface area contributed by atoms with Gasteiger partial charge in [-0.15, -0.1) is 0 Å². The molecule has 1 amide bonds. The molecule has 2 aromatic rings. The molecule has 3 rings (SSSR count). The summed E-state index contributed by atoms with van der Waals surface area (Å²) >= 11 is 0. The Balaban J connectivity index is 1.80. The minimum atomic E-state index is -0.502. The number of rotatable bonds is 4. The lowest BCUT2D eigenvalue weighted by atomic mass is 10.0. The van der Waals surface area contributed by atoms with E-state index in [1.54, 1.807) is 23.4 Å². The number of aromatic nitrogens is 3. The third-order valence-electron chi connectivity index (χ3n) is 3.90.